The van der Waals surface area contributed by atoms with Gasteiger partial charge >= 0.3 is 6.09 Å². The molecule has 0 spiro atoms. The number of nitrogens with zero attached hydrogens (tertiary/aromatic N) is 3. The van der Waals surface area contributed by atoms with Gasteiger partial charge < -0.3 is 14.9 Å². The van der Waals surface area contributed by atoms with E-state index in [1.165, 1.54) is 9.21 Å². The number of benzene rings is 1. The van der Waals surface area contributed by atoms with Crippen LogP contribution < -0.4 is 0 Å². The molecule has 0 atom stereocenters. The number of rotatable bonds is 6. The van der Waals surface area contributed by atoms with Gasteiger partial charge in [0, 0.05) is 36.7 Å². The molecule has 1 saturated heterocycles. The van der Waals surface area contributed by atoms with Gasteiger partial charge in [-0.3, -0.25) is 0 Å². The van der Waals surface area contributed by atoms with Crippen LogP contribution in [-0.2, 0) is 10.0 Å². The number of sulfonamides is 1. The van der Waals surface area contributed by atoms with Crippen molar-refractivity contribution in [2.75, 3.05) is 40.3 Å². The lowest BCUT2D eigenvalue weighted by molar-refractivity contribution is 0.117. The average molecular weight is 434 g/mol. The first-order chi connectivity index (χ1) is 11.7. The van der Waals surface area contributed by atoms with Crippen molar-refractivity contribution in [3.63, 3.8) is 0 Å². The molecular formula is C16H24BrN3O4S. The molecule has 0 aromatic heterocycles. The van der Waals surface area contributed by atoms with Crippen LogP contribution in [0.5, 0.6) is 0 Å². The second kappa shape index (κ2) is 8.48. The minimum atomic E-state index is -3.63. The predicted octanol–water partition coefficient (Wildman–Crippen LogP) is 2.14. The lowest BCUT2D eigenvalue weighted by Crippen LogP contribution is -2.50. The normalized spacial score (nSPS) is 16.6. The van der Waals surface area contributed by atoms with Crippen LogP contribution in [0.2, 0.25) is 0 Å². The molecule has 0 unspecified atom stereocenters. The van der Waals surface area contributed by atoms with Gasteiger partial charge in [0.2, 0.25) is 10.0 Å². The van der Waals surface area contributed by atoms with Crippen LogP contribution in [0.15, 0.2) is 33.6 Å². The standard InChI is InChI=1S/C16H24BrN3O4S/c1-18(2)11-12-20(14-7-9-19(10-8-14)16(21)22)25(23,24)15-5-3-13(17)4-6-15/h3-6,14H,7-12H2,1-2H3,(H,21,22). The number of hydrogen-bond acceptors (Lipinski definition) is 4. The fraction of sp³-hybridized carbons (Fsp3) is 0.562. The van der Waals surface area contributed by atoms with E-state index in [-0.39, 0.29) is 10.9 Å². The van der Waals surface area contributed by atoms with Crippen molar-refractivity contribution in [3.05, 3.63) is 28.7 Å². The maximum Gasteiger partial charge on any atom is 0.407 e. The van der Waals surface area contributed by atoms with E-state index in [4.69, 9.17) is 5.11 Å². The summed E-state index contributed by atoms with van der Waals surface area (Å²) in [5.74, 6) is 0. The molecule has 140 valence electrons. The minimum Gasteiger partial charge on any atom is -0.465 e. The van der Waals surface area contributed by atoms with Gasteiger partial charge in [0.05, 0.1) is 4.90 Å². The quantitative estimate of drug-likeness (QED) is 0.742. The van der Waals surface area contributed by atoms with E-state index in [0.717, 1.165) is 4.47 Å². The van der Waals surface area contributed by atoms with E-state index in [0.29, 0.717) is 39.0 Å². The largest absolute Gasteiger partial charge is 0.465 e. The Labute approximate surface area is 157 Å². The predicted molar refractivity (Wildman–Crippen MR) is 99.2 cm³/mol. The third kappa shape index (κ3) is 5.16. The van der Waals surface area contributed by atoms with E-state index in [1.807, 2.05) is 19.0 Å². The van der Waals surface area contributed by atoms with Crippen molar-refractivity contribution >= 4 is 32.0 Å². The Morgan fingerprint density at radius 1 is 1.20 bits per heavy atom. The molecule has 1 aromatic rings. The molecule has 25 heavy (non-hydrogen) atoms. The number of hydrogen-bond donors (Lipinski definition) is 1. The molecular weight excluding hydrogens is 410 g/mol. The number of carboxylic acid groups (broad SMARTS) is 1. The van der Waals surface area contributed by atoms with Crippen LogP contribution in [0, 0.1) is 0 Å². The first kappa shape index (κ1) is 20.2. The molecule has 0 saturated carbocycles. The zero-order valence-corrected chi connectivity index (χ0v) is 16.8. The molecule has 0 aliphatic carbocycles. The van der Waals surface area contributed by atoms with Crippen molar-refractivity contribution < 1.29 is 18.3 Å². The van der Waals surface area contributed by atoms with Crippen molar-refractivity contribution in [1.29, 1.82) is 0 Å². The Morgan fingerprint density at radius 2 is 1.76 bits per heavy atom. The van der Waals surface area contributed by atoms with Gasteiger partial charge in [0.15, 0.2) is 0 Å². The molecule has 2 rings (SSSR count). The molecule has 1 aliphatic heterocycles. The first-order valence-electron chi connectivity index (χ1n) is 8.12. The summed E-state index contributed by atoms with van der Waals surface area (Å²) in [5, 5.41) is 9.09. The number of carbonyl (C=O) groups is 1. The zero-order chi connectivity index (χ0) is 18.6. The smallest absolute Gasteiger partial charge is 0.407 e. The third-order valence-electron chi connectivity index (χ3n) is 4.33. The van der Waals surface area contributed by atoms with Gasteiger partial charge in [-0.2, -0.15) is 4.31 Å². The molecule has 9 heteroatoms. The lowest BCUT2D eigenvalue weighted by Gasteiger charge is -2.37. The molecule has 1 fully saturated rings. The van der Waals surface area contributed by atoms with Crippen LogP contribution >= 0.6 is 15.9 Å². The monoisotopic (exact) mass is 433 g/mol. The topological polar surface area (TPSA) is 81.2 Å². The molecule has 1 heterocycles. The van der Waals surface area contributed by atoms with Gasteiger partial charge in [-0.1, -0.05) is 15.9 Å². The molecule has 1 aromatic carbocycles. The maximum absolute atomic E-state index is 13.1. The Kier molecular flexibility index (Phi) is 6.84. The van der Waals surface area contributed by atoms with Gasteiger partial charge in [0.1, 0.15) is 0 Å². The van der Waals surface area contributed by atoms with E-state index >= 15 is 0 Å². The van der Waals surface area contributed by atoms with Crippen LogP contribution in [0.4, 0.5) is 4.79 Å². The van der Waals surface area contributed by atoms with E-state index in [2.05, 4.69) is 15.9 Å². The van der Waals surface area contributed by atoms with Crippen LogP contribution in [0.1, 0.15) is 12.8 Å². The van der Waals surface area contributed by atoms with Crippen LogP contribution in [-0.4, -0.2) is 80.0 Å². The number of halogens is 1. The summed E-state index contributed by atoms with van der Waals surface area (Å²) >= 11 is 3.32. The summed E-state index contributed by atoms with van der Waals surface area (Å²) in [7, 11) is 0.170. The fourth-order valence-corrected chi connectivity index (χ4v) is 4.83. The summed E-state index contributed by atoms with van der Waals surface area (Å²) in [6.45, 7) is 1.70. The number of likely N-dealkylation sites (tertiary alicyclic amines) is 1. The zero-order valence-electron chi connectivity index (χ0n) is 14.4. The van der Waals surface area contributed by atoms with Crippen LogP contribution in [0.25, 0.3) is 0 Å². The Morgan fingerprint density at radius 3 is 2.24 bits per heavy atom. The third-order valence-corrected chi connectivity index (χ3v) is 6.82. The average Bonchev–Trinajstić information content (AvgIpc) is 2.55. The van der Waals surface area contributed by atoms with Gasteiger partial charge in [-0.05, 0) is 51.2 Å². The second-order valence-electron chi connectivity index (χ2n) is 6.37. The molecule has 1 aliphatic rings. The van der Waals surface area contributed by atoms with Gasteiger partial charge in [-0.25, -0.2) is 13.2 Å². The minimum absolute atomic E-state index is 0.191. The SMILES string of the molecule is CN(C)CCN(C1CCN(C(=O)O)CC1)S(=O)(=O)c1ccc(Br)cc1. The summed E-state index contributed by atoms with van der Waals surface area (Å²) < 4.78 is 28.6. The van der Waals surface area contributed by atoms with Crippen molar-refractivity contribution in [2.24, 2.45) is 0 Å². The van der Waals surface area contributed by atoms with E-state index in [9.17, 15) is 13.2 Å². The van der Waals surface area contributed by atoms with E-state index in [1.54, 1.807) is 24.3 Å². The van der Waals surface area contributed by atoms with Crippen molar-refractivity contribution in [3.8, 4) is 0 Å². The molecule has 1 N–H and O–H groups in total. The Bertz CT molecular complexity index is 686. The maximum atomic E-state index is 13.1. The van der Waals surface area contributed by atoms with Crippen molar-refractivity contribution in [2.45, 2.75) is 23.8 Å². The summed E-state index contributed by atoms with van der Waals surface area (Å²) in [5.41, 5.74) is 0. The van der Waals surface area contributed by atoms with Gasteiger partial charge in [0.25, 0.3) is 0 Å². The highest BCUT2D eigenvalue weighted by Gasteiger charge is 2.34. The highest BCUT2D eigenvalue weighted by atomic mass is 79.9. The Balaban J connectivity index is 2.23. The first-order valence-corrected chi connectivity index (χ1v) is 10.3. The summed E-state index contributed by atoms with van der Waals surface area (Å²) in [4.78, 5) is 14.6. The summed E-state index contributed by atoms with van der Waals surface area (Å²) in [6.07, 6.45) is 0.0689. The number of amides is 1. The van der Waals surface area contributed by atoms with Gasteiger partial charge in [-0.15, -0.1) is 0 Å². The molecule has 0 radical (unpaired) electrons. The fourth-order valence-electron chi connectivity index (χ4n) is 2.88. The number of piperidine rings is 1. The van der Waals surface area contributed by atoms with Crippen molar-refractivity contribution in [1.82, 2.24) is 14.1 Å². The summed E-state index contributed by atoms with van der Waals surface area (Å²) in [6, 6.07) is 6.42. The molecule has 0 bridgehead atoms. The van der Waals surface area contributed by atoms with E-state index < -0.39 is 16.1 Å². The second-order valence-corrected chi connectivity index (χ2v) is 9.18. The highest BCUT2D eigenvalue weighted by Crippen LogP contribution is 2.25. The number of likely N-dealkylation sites (N-methyl/N-ethyl adjacent to an activating group) is 1. The highest BCUT2D eigenvalue weighted by molar-refractivity contribution is 9.10. The van der Waals surface area contributed by atoms with Crippen LogP contribution in [0.3, 0.4) is 0 Å². The lowest BCUT2D eigenvalue weighted by atomic mass is 10.1. The Hall–Kier alpha value is -1.16. The molecule has 1 amide bonds. The molecule has 7 nitrogen and oxygen atoms in total.